The number of amides is 3. The van der Waals surface area contributed by atoms with Gasteiger partial charge in [0.15, 0.2) is 0 Å². The molecule has 0 spiro atoms. The number of halogens is 3. The summed E-state index contributed by atoms with van der Waals surface area (Å²) >= 11 is 19.6. The quantitative estimate of drug-likeness (QED) is 0.173. The van der Waals surface area contributed by atoms with Gasteiger partial charge in [0.2, 0.25) is 5.91 Å². The van der Waals surface area contributed by atoms with Gasteiger partial charge in [-0.15, -0.1) is 0 Å². The fraction of sp³-hybridized carbons (Fsp3) is 0.103. The average molecular weight is 629 g/mol. The largest absolute Gasteiger partial charge is 0.465 e. The van der Waals surface area contributed by atoms with Crippen molar-refractivity contribution >= 4 is 92.3 Å². The van der Waals surface area contributed by atoms with E-state index in [4.69, 9.17) is 34.8 Å². The van der Waals surface area contributed by atoms with Crippen LogP contribution in [0.1, 0.15) is 21.5 Å². The lowest BCUT2D eigenvalue weighted by Gasteiger charge is -2.13. The first-order valence-corrected chi connectivity index (χ1v) is 14.0. The lowest BCUT2D eigenvalue weighted by Crippen LogP contribution is -2.36. The van der Waals surface area contributed by atoms with Crippen molar-refractivity contribution < 1.29 is 23.9 Å². The fourth-order valence-electron chi connectivity index (χ4n) is 4.37. The van der Waals surface area contributed by atoms with Crippen LogP contribution in [0.25, 0.3) is 17.0 Å². The van der Waals surface area contributed by atoms with Crippen molar-refractivity contribution in [3.8, 4) is 0 Å². The van der Waals surface area contributed by atoms with Crippen molar-refractivity contribution in [1.29, 1.82) is 0 Å². The molecule has 4 aromatic rings. The number of hydrogen-bond acceptors (Lipinski definition) is 6. The van der Waals surface area contributed by atoms with Crippen LogP contribution >= 0.6 is 46.6 Å². The van der Waals surface area contributed by atoms with E-state index in [1.54, 1.807) is 24.3 Å². The number of ether oxygens (including phenoxy) is 1. The molecule has 3 aromatic carbocycles. The molecule has 12 heteroatoms. The van der Waals surface area contributed by atoms with Gasteiger partial charge < -0.3 is 14.6 Å². The number of esters is 1. The molecule has 0 saturated carbocycles. The van der Waals surface area contributed by atoms with Crippen LogP contribution in [0.2, 0.25) is 15.1 Å². The molecular formula is C29H20Cl3N3O5S. The molecule has 1 fully saturated rings. The number of fused-ring (bicyclic) bond motifs is 1. The number of nitrogens with one attached hydrogen (secondary N) is 1. The molecule has 41 heavy (non-hydrogen) atoms. The van der Waals surface area contributed by atoms with Gasteiger partial charge in [0, 0.05) is 44.0 Å². The Kier molecular flexibility index (Phi) is 8.42. The number of benzene rings is 3. The molecular weight excluding hydrogens is 609 g/mol. The van der Waals surface area contributed by atoms with Crippen LogP contribution < -0.4 is 5.32 Å². The number of methoxy groups -OCH3 is 1. The number of carbonyl (C=O) groups is 4. The second kappa shape index (κ2) is 12.0. The highest BCUT2D eigenvalue weighted by Gasteiger charge is 2.36. The molecule has 2 heterocycles. The zero-order valence-corrected chi connectivity index (χ0v) is 24.4. The van der Waals surface area contributed by atoms with Gasteiger partial charge in [-0.3, -0.25) is 19.3 Å². The van der Waals surface area contributed by atoms with E-state index in [1.165, 1.54) is 25.3 Å². The predicted octanol–water partition coefficient (Wildman–Crippen LogP) is 7.11. The number of carbonyl (C=O) groups excluding carboxylic acids is 4. The fourth-order valence-corrected chi connectivity index (χ4v) is 5.91. The standard InChI is InChI=1S/C29H20Cl3N3O5S/c1-40-28(38)19-12-17(9-10-23(19)32)33-26(36)15-35-27(37)25(41-29(35)39)11-16-13-34(24-8-3-2-5-18(16)24)14-20-21(30)6-4-7-22(20)31/h2-13H,14-15H2,1H3,(H,33,36)/b25-11-. The molecule has 1 aliphatic rings. The molecule has 0 unspecified atom stereocenters. The zero-order valence-electron chi connectivity index (χ0n) is 21.3. The predicted molar refractivity (Wildman–Crippen MR) is 162 cm³/mol. The summed E-state index contributed by atoms with van der Waals surface area (Å²) in [6.45, 7) is -0.109. The van der Waals surface area contributed by atoms with Gasteiger partial charge in [-0.2, -0.15) is 0 Å². The van der Waals surface area contributed by atoms with E-state index in [1.807, 2.05) is 35.0 Å². The summed E-state index contributed by atoms with van der Waals surface area (Å²) in [7, 11) is 1.21. The maximum Gasteiger partial charge on any atom is 0.339 e. The van der Waals surface area contributed by atoms with Crippen molar-refractivity contribution in [3.05, 3.63) is 104 Å². The molecule has 1 saturated heterocycles. The first-order valence-electron chi connectivity index (χ1n) is 12.1. The lowest BCUT2D eigenvalue weighted by molar-refractivity contribution is -0.127. The average Bonchev–Trinajstić information content (AvgIpc) is 3.43. The number of para-hydroxylation sites is 1. The van der Waals surface area contributed by atoms with Gasteiger partial charge in [0.1, 0.15) is 6.54 Å². The van der Waals surface area contributed by atoms with Crippen molar-refractivity contribution in [1.82, 2.24) is 9.47 Å². The van der Waals surface area contributed by atoms with Crippen LogP contribution in [0, 0.1) is 0 Å². The monoisotopic (exact) mass is 627 g/mol. The Balaban J connectivity index is 1.36. The molecule has 8 nitrogen and oxygen atoms in total. The summed E-state index contributed by atoms with van der Waals surface area (Å²) in [5, 5.41) is 4.10. The van der Waals surface area contributed by atoms with Crippen LogP contribution in [0.15, 0.2) is 71.8 Å². The van der Waals surface area contributed by atoms with Crippen LogP contribution in [-0.2, 0) is 20.9 Å². The van der Waals surface area contributed by atoms with E-state index in [9.17, 15) is 19.2 Å². The van der Waals surface area contributed by atoms with E-state index in [0.717, 1.165) is 38.7 Å². The lowest BCUT2D eigenvalue weighted by atomic mass is 10.1. The highest BCUT2D eigenvalue weighted by atomic mass is 35.5. The second-order valence-corrected chi connectivity index (χ2v) is 11.1. The van der Waals surface area contributed by atoms with Crippen LogP contribution in [0.3, 0.4) is 0 Å². The zero-order chi connectivity index (χ0) is 29.3. The molecule has 0 radical (unpaired) electrons. The van der Waals surface area contributed by atoms with Gasteiger partial charge in [0.05, 0.1) is 29.1 Å². The van der Waals surface area contributed by atoms with Crippen LogP contribution in [0.5, 0.6) is 0 Å². The molecule has 208 valence electrons. The minimum absolute atomic E-state index is 0.0667. The highest BCUT2D eigenvalue weighted by Crippen LogP contribution is 2.35. The smallest absolute Gasteiger partial charge is 0.339 e. The summed E-state index contributed by atoms with van der Waals surface area (Å²) in [6, 6.07) is 17.2. The molecule has 0 atom stereocenters. The molecule has 1 N–H and O–H groups in total. The summed E-state index contributed by atoms with van der Waals surface area (Å²) < 4.78 is 6.66. The summed E-state index contributed by atoms with van der Waals surface area (Å²) in [5.74, 6) is -1.88. The van der Waals surface area contributed by atoms with Crippen molar-refractivity contribution in [2.45, 2.75) is 6.54 Å². The third kappa shape index (κ3) is 5.99. The third-order valence-corrected chi connectivity index (χ3v) is 8.27. The molecule has 1 aromatic heterocycles. The summed E-state index contributed by atoms with van der Waals surface area (Å²) in [4.78, 5) is 51.5. The second-order valence-electron chi connectivity index (χ2n) is 8.93. The van der Waals surface area contributed by atoms with E-state index >= 15 is 0 Å². The number of anilines is 1. The van der Waals surface area contributed by atoms with Gasteiger partial charge >= 0.3 is 5.97 Å². The van der Waals surface area contributed by atoms with E-state index < -0.39 is 29.6 Å². The minimum Gasteiger partial charge on any atom is -0.465 e. The number of aromatic nitrogens is 1. The van der Waals surface area contributed by atoms with Crippen LogP contribution in [0.4, 0.5) is 10.5 Å². The van der Waals surface area contributed by atoms with Gasteiger partial charge in [0.25, 0.3) is 11.1 Å². The summed E-state index contributed by atoms with van der Waals surface area (Å²) in [6.07, 6.45) is 3.50. The molecule has 5 rings (SSSR count). The Morgan fingerprint density at radius 3 is 2.44 bits per heavy atom. The van der Waals surface area contributed by atoms with Crippen molar-refractivity contribution in [2.75, 3.05) is 19.0 Å². The molecule has 3 amide bonds. The molecule has 1 aliphatic heterocycles. The molecule has 0 aliphatic carbocycles. The Bertz CT molecular complexity index is 1750. The molecule has 0 bridgehead atoms. The van der Waals surface area contributed by atoms with E-state index in [-0.39, 0.29) is 21.2 Å². The number of rotatable bonds is 7. The first kappa shape index (κ1) is 28.8. The number of thioether (sulfide) groups is 1. The van der Waals surface area contributed by atoms with Crippen LogP contribution in [-0.4, -0.2) is 46.1 Å². The SMILES string of the molecule is COC(=O)c1cc(NC(=O)CN2C(=O)S/C(=C\c3cn(Cc4c(Cl)cccc4Cl)c4ccccc34)C2=O)ccc1Cl. The Hall–Kier alpha value is -3.76. The van der Waals surface area contributed by atoms with E-state index in [0.29, 0.717) is 16.6 Å². The number of nitrogens with zero attached hydrogens (tertiary/aromatic N) is 2. The number of imide groups is 1. The first-order chi connectivity index (χ1) is 19.7. The maximum atomic E-state index is 13.2. The highest BCUT2D eigenvalue weighted by molar-refractivity contribution is 8.18. The Labute approximate surface area is 253 Å². The van der Waals surface area contributed by atoms with Gasteiger partial charge in [-0.05, 0) is 54.2 Å². The Morgan fingerprint density at radius 1 is 0.976 bits per heavy atom. The maximum absolute atomic E-state index is 13.2. The van der Waals surface area contributed by atoms with Crippen molar-refractivity contribution in [2.24, 2.45) is 0 Å². The number of hydrogen-bond donors (Lipinski definition) is 1. The van der Waals surface area contributed by atoms with Crippen molar-refractivity contribution in [3.63, 3.8) is 0 Å². The third-order valence-electron chi connectivity index (χ3n) is 6.33. The van der Waals surface area contributed by atoms with Gasteiger partial charge in [-0.25, -0.2) is 4.79 Å². The van der Waals surface area contributed by atoms with E-state index in [2.05, 4.69) is 10.1 Å². The Morgan fingerprint density at radius 2 is 1.71 bits per heavy atom. The van der Waals surface area contributed by atoms with Gasteiger partial charge in [-0.1, -0.05) is 59.1 Å². The summed E-state index contributed by atoms with van der Waals surface area (Å²) in [5.41, 5.74) is 2.69. The normalized spacial score (nSPS) is 14.2. The minimum atomic E-state index is -0.668. The topological polar surface area (TPSA) is 97.7 Å².